The first-order valence-electron chi connectivity index (χ1n) is 11.4. The van der Waals surface area contributed by atoms with Gasteiger partial charge in [-0.1, -0.05) is 78.9 Å². The molecule has 34 heavy (non-hydrogen) atoms. The molecule has 1 aliphatic heterocycles. The fraction of sp³-hybridized carbons (Fsp3) is 0.0667. The Morgan fingerprint density at radius 3 is 2.35 bits per heavy atom. The van der Waals surface area contributed by atoms with Crippen LogP contribution < -0.4 is 5.01 Å². The van der Waals surface area contributed by atoms with Crippen LogP contribution >= 0.6 is 0 Å². The molecule has 0 spiro atoms. The lowest BCUT2D eigenvalue weighted by molar-refractivity contribution is -0.114. The van der Waals surface area contributed by atoms with E-state index in [0.29, 0.717) is 5.57 Å². The van der Waals surface area contributed by atoms with Crippen molar-refractivity contribution in [3.63, 3.8) is 0 Å². The number of hydrazone groups is 1. The Bertz CT molecular complexity index is 1600. The summed E-state index contributed by atoms with van der Waals surface area (Å²) in [5.41, 5.74) is 5.54. The summed E-state index contributed by atoms with van der Waals surface area (Å²) in [6.07, 6.45) is 4.12. The molecule has 6 rings (SSSR count). The molecule has 0 radical (unpaired) electrons. The molecule has 4 aromatic carbocycles. The van der Waals surface area contributed by atoms with Crippen LogP contribution in [0.4, 0.5) is 5.69 Å². The van der Waals surface area contributed by atoms with Crippen molar-refractivity contribution >= 4 is 45.1 Å². The van der Waals surface area contributed by atoms with Crippen LogP contribution in [0.1, 0.15) is 18.1 Å². The van der Waals surface area contributed by atoms with Crippen molar-refractivity contribution in [3.05, 3.63) is 120 Å². The van der Waals surface area contributed by atoms with Gasteiger partial charge < -0.3 is 4.57 Å². The number of fused-ring (bicyclic) bond motifs is 2. The third-order valence-corrected chi connectivity index (χ3v) is 6.40. The number of amides is 1. The van der Waals surface area contributed by atoms with Crippen LogP contribution in [0.5, 0.6) is 0 Å². The van der Waals surface area contributed by atoms with E-state index in [0.717, 1.165) is 34.4 Å². The number of nitrogens with zero attached hydrogens (tertiary/aromatic N) is 3. The monoisotopic (exact) mass is 441 g/mol. The highest BCUT2D eigenvalue weighted by Crippen LogP contribution is 2.29. The number of anilines is 1. The fourth-order valence-electron chi connectivity index (χ4n) is 4.72. The molecule has 0 atom stereocenters. The van der Waals surface area contributed by atoms with E-state index < -0.39 is 0 Å². The number of rotatable bonds is 4. The average molecular weight is 442 g/mol. The van der Waals surface area contributed by atoms with Crippen molar-refractivity contribution in [2.45, 2.75) is 13.5 Å². The lowest BCUT2D eigenvalue weighted by atomic mass is 10.0. The summed E-state index contributed by atoms with van der Waals surface area (Å²) in [7, 11) is 0. The van der Waals surface area contributed by atoms with Gasteiger partial charge in [-0.2, -0.15) is 10.1 Å². The van der Waals surface area contributed by atoms with Gasteiger partial charge in [-0.3, -0.25) is 4.79 Å². The van der Waals surface area contributed by atoms with E-state index in [1.165, 1.54) is 21.3 Å². The SMILES string of the molecule is CC1=NN(c2ccccc2)C(=O)/C1=C/c1cn(Cc2cccc3ccccc23)c2ccccc12. The van der Waals surface area contributed by atoms with Crippen molar-refractivity contribution in [2.75, 3.05) is 5.01 Å². The van der Waals surface area contributed by atoms with Crippen LogP contribution in [0, 0.1) is 0 Å². The molecule has 5 aromatic rings. The van der Waals surface area contributed by atoms with E-state index in [9.17, 15) is 4.79 Å². The maximum absolute atomic E-state index is 13.2. The molecule has 1 amide bonds. The van der Waals surface area contributed by atoms with Gasteiger partial charge >= 0.3 is 0 Å². The number of carbonyl (C=O) groups excluding carboxylic acids is 1. The Labute approximate surface area is 198 Å². The van der Waals surface area contributed by atoms with Crippen LogP contribution in [0.25, 0.3) is 27.8 Å². The van der Waals surface area contributed by atoms with Gasteiger partial charge in [0.05, 0.1) is 17.0 Å². The summed E-state index contributed by atoms with van der Waals surface area (Å²) in [4.78, 5) is 13.2. The number of aromatic nitrogens is 1. The van der Waals surface area contributed by atoms with Gasteiger partial charge in [0.2, 0.25) is 0 Å². The van der Waals surface area contributed by atoms with Crippen LogP contribution in [0.3, 0.4) is 0 Å². The Morgan fingerprint density at radius 2 is 1.50 bits per heavy atom. The molecule has 0 fully saturated rings. The van der Waals surface area contributed by atoms with Crippen molar-refractivity contribution < 1.29 is 4.79 Å². The van der Waals surface area contributed by atoms with Crippen molar-refractivity contribution in [1.82, 2.24) is 4.57 Å². The Morgan fingerprint density at radius 1 is 0.794 bits per heavy atom. The molecular formula is C30H23N3O. The van der Waals surface area contributed by atoms with Crippen molar-refractivity contribution in [2.24, 2.45) is 5.10 Å². The Balaban J connectivity index is 1.42. The van der Waals surface area contributed by atoms with Gasteiger partial charge in [-0.15, -0.1) is 0 Å². The molecule has 0 saturated carbocycles. The highest BCUT2D eigenvalue weighted by molar-refractivity contribution is 6.32. The Kier molecular flexibility index (Phi) is 4.84. The molecule has 0 aliphatic carbocycles. The number of carbonyl (C=O) groups is 1. The molecule has 4 heteroatoms. The zero-order valence-corrected chi connectivity index (χ0v) is 18.8. The van der Waals surface area contributed by atoms with Crippen LogP contribution in [0.2, 0.25) is 0 Å². The number of benzene rings is 4. The van der Waals surface area contributed by atoms with Crippen molar-refractivity contribution in [3.8, 4) is 0 Å². The molecule has 1 aromatic heterocycles. The molecular weight excluding hydrogens is 418 g/mol. The lowest BCUT2D eigenvalue weighted by Crippen LogP contribution is -2.21. The minimum Gasteiger partial charge on any atom is -0.342 e. The third-order valence-electron chi connectivity index (χ3n) is 6.40. The van der Waals surface area contributed by atoms with E-state index in [2.05, 4.69) is 76.5 Å². The second kappa shape index (κ2) is 8.16. The average Bonchev–Trinajstić information content (AvgIpc) is 3.37. The molecule has 0 unspecified atom stereocenters. The number of para-hydroxylation sites is 2. The normalized spacial score (nSPS) is 15.0. The minimum absolute atomic E-state index is 0.102. The first-order valence-corrected chi connectivity index (χ1v) is 11.4. The first kappa shape index (κ1) is 20.2. The largest absolute Gasteiger partial charge is 0.342 e. The van der Waals surface area contributed by atoms with Gasteiger partial charge in [0.15, 0.2) is 0 Å². The fourth-order valence-corrected chi connectivity index (χ4v) is 4.72. The van der Waals surface area contributed by atoms with Gasteiger partial charge in [-0.05, 0) is 47.5 Å². The van der Waals surface area contributed by atoms with Crippen LogP contribution in [-0.4, -0.2) is 16.2 Å². The zero-order chi connectivity index (χ0) is 23.1. The van der Waals surface area contributed by atoms with E-state index in [1.54, 1.807) is 0 Å². The lowest BCUT2D eigenvalue weighted by Gasteiger charge is -2.10. The smallest absolute Gasteiger partial charge is 0.280 e. The minimum atomic E-state index is -0.102. The zero-order valence-electron chi connectivity index (χ0n) is 18.8. The van der Waals surface area contributed by atoms with Crippen LogP contribution in [0.15, 0.2) is 114 Å². The molecule has 4 nitrogen and oxygen atoms in total. The topological polar surface area (TPSA) is 37.6 Å². The summed E-state index contributed by atoms with van der Waals surface area (Å²) in [6, 6.07) is 32.8. The van der Waals surface area contributed by atoms with E-state index >= 15 is 0 Å². The van der Waals surface area contributed by atoms with E-state index in [4.69, 9.17) is 0 Å². The van der Waals surface area contributed by atoms with Crippen molar-refractivity contribution in [1.29, 1.82) is 0 Å². The maximum Gasteiger partial charge on any atom is 0.280 e. The summed E-state index contributed by atoms with van der Waals surface area (Å²) < 4.78 is 2.27. The van der Waals surface area contributed by atoms with Gasteiger partial charge in [0.1, 0.15) is 0 Å². The molecule has 0 bridgehead atoms. The molecule has 164 valence electrons. The predicted octanol–water partition coefficient (Wildman–Crippen LogP) is 6.65. The molecule has 0 N–H and O–H groups in total. The molecule has 1 aliphatic rings. The van der Waals surface area contributed by atoms with Gasteiger partial charge in [0.25, 0.3) is 5.91 Å². The quantitative estimate of drug-likeness (QED) is 0.288. The highest BCUT2D eigenvalue weighted by atomic mass is 16.2. The highest BCUT2D eigenvalue weighted by Gasteiger charge is 2.29. The maximum atomic E-state index is 13.2. The van der Waals surface area contributed by atoms with Gasteiger partial charge in [-0.25, -0.2) is 0 Å². The summed E-state index contributed by atoms with van der Waals surface area (Å²) in [5, 5.41) is 9.63. The van der Waals surface area contributed by atoms with E-state index in [-0.39, 0.29) is 5.91 Å². The summed E-state index contributed by atoms with van der Waals surface area (Å²) in [6.45, 7) is 2.64. The van der Waals surface area contributed by atoms with E-state index in [1.807, 2.05) is 49.4 Å². The van der Waals surface area contributed by atoms with Crippen LogP contribution in [-0.2, 0) is 11.3 Å². The third kappa shape index (κ3) is 3.41. The first-order chi connectivity index (χ1) is 16.7. The van der Waals surface area contributed by atoms with Gasteiger partial charge in [0, 0.05) is 29.2 Å². The second-order valence-electron chi connectivity index (χ2n) is 8.56. The second-order valence-corrected chi connectivity index (χ2v) is 8.56. The summed E-state index contributed by atoms with van der Waals surface area (Å²) >= 11 is 0. The number of hydrogen-bond acceptors (Lipinski definition) is 2. The predicted molar refractivity (Wildman–Crippen MR) is 140 cm³/mol. The molecule has 0 saturated heterocycles. The molecule has 2 heterocycles. The number of hydrogen-bond donors (Lipinski definition) is 0. The summed E-state index contributed by atoms with van der Waals surface area (Å²) in [5.74, 6) is -0.102. The standard InChI is InChI=1S/C30H23N3O/c1-21-28(30(34)33(31-21)25-13-3-2-4-14-25)18-24-20-32(29-17-8-7-16-27(24)29)19-23-12-9-11-22-10-5-6-15-26(22)23/h2-18,20H,19H2,1H3/b28-18+. The Hall–Kier alpha value is -4.44.